The van der Waals surface area contributed by atoms with E-state index in [0.29, 0.717) is 24.2 Å². The fourth-order valence-corrected chi connectivity index (χ4v) is 4.46. The zero-order chi connectivity index (χ0) is 25.4. The summed E-state index contributed by atoms with van der Waals surface area (Å²) in [5, 5.41) is 14.9. The molecule has 0 aliphatic rings. The number of amides is 2. The first-order valence-electron chi connectivity index (χ1n) is 10.8. The SMILES string of the molecule is COc1ccc(C(=O)NCCCNC(=O)c2cccc(O)c2)cc1S(=O)(=O)Nc1ccc(C)cc1. The molecule has 0 atom stereocenters. The van der Waals surface area contributed by atoms with Crippen molar-refractivity contribution in [3.8, 4) is 11.5 Å². The summed E-state index contributed by atoms with van der Waals surface area (Å²) in [5.74, 6) is -0.687. The highest BCUT2D eigenvalue weighted by Gasteiger charge is 2.22. The molecule has 0 aromatic heterocycles. The first kappa shape index (κ1) is 25.6. The zero-order valence-corrected chi connectivity index (χ0v) is 20.2. The minimum Gasteiger partial charge on any atom is -0.508 e. The monoisotopic (exact) mass is 497 g/mol. The molecule has 35 heavy (non-hydrogen) atoms. The Hall–Kier alpha value is -4.05. The highest BCUT2D eigenvalue weighted by Crippen LogP contribution is 2.27. The lowest BCUT2D eigenvalue weighted by molar-refractivity contribution is 0.0951. The maximum Gasteiger partial charge on any atom is 0.265 e. The molecular formula is C25H27N3O6S. The van der Waals surface area contributed by atoms with E-state index in [1.807, 2.05) is 6.92 Å². The lowest BCUT2D eigenvalue weighted by atomic mass is 10.2. The van der Waals surface area contributed by atoms with Crippen LogP contribution in [0.15, 0.2) is 71.6 Å². The van der Waals surface area contributed by atoms with Crippen LogP contribution in [-0.4, -0.2) is 45.5 Å². The van der Waals surface area contributed by atoms with E-state index in [9.17, 15) is 23.1 Å². The number of rotatable bonds is 10. The lowest BCUT2D eigenvalue weighted by Gasteiger charge is -2.13. The second kappa shape index (κ2) is 11.4. The number of phenolic OH excluding ortho intramolecular Hbond substituents is 1. The molecule has 0 aliphatic heterocycles. The number of carbonyl (C=O) groups excluding carboxylic acids is 2. The van der Waals surface area contributed by atoms with Crippen LogP contribution >= 0.6 is 0 Å². The van der Waals surface area contributed by atoms with Crippen molar-refractivity contribution in [2.24, 2.45) is 0 Å². The van der Waals surface area contributed by atoms with Crippen molar-refractivity contribution in [2.75, 3.05) is 24.9 Å². The zero-order valence-electron chi connectivity index (χ0n) is 19.4. The number of hydrogen-bond acceptors (Lipinski definition) is 6. The van der Waals surface area contributed by atoms with Crippen molar-refractivity contribution < 1.29 is 27.9 Å². The fraction of sp³-hybridized carbons (Fsp3) is 0.200. The molecule has 0 heterocycles. The van der Waals surface area contributed by atoms with Crippen molar-refractivity contribution in [2.45, 2.75) is 18.2 Å². The van der Waals surface area contributed by atoms with E-state index in [1.54, 1.807) is 36.4 Å². The molecule has 0 saturated heterocycles. The van der Waals surface area contributed by atoms with Crippen LogP contribution in [0.2, 0.25) is 0 Å². The van der Waals surface area contributed by atoms with Gasteiger partial charge in [-0.1, -0.05) is 23.8 Å². The summed E-state index contributed by atoms with van der Waals surface area (Å²) in [6, 6.07) is 17.0. The summed E-state index contributed by atoms with van der Waals surface area (Å²) in [4.78, 5) is 24.5. The van der Waals surface area contributed by atoms with Gasteiger partial charge in [-0.25, -0.2) is 8.42 Å². The molecule has 9 nitrogen and oxygen atoms in total. The van der Waals surface area contributed by atoms with Gasteiger partial charge in [0.15, 0.2) is 0 Å². The first-order valence-corrected chi connectivity index (χ1v) is 12.3. The third kappa shape index (κ3) is 6.97. The van der Waals surface area contributed by atoms with Crippen LogP contribution in [0, 0.1) is 6.92 Å². The normalized spacial score (nSPS) is 10.9. The molecule has 3 aromatic rings. The molecule has 0 bridgehead atoms. The first-order chi connectivity index (χ1) is 16.7. The Bertz CT molecular complexity index is 1310. The predicted octanol–water partition coefficient (Wildman–Crippen LogP) is 3.06. The topological polar surface area (TPSA) is 134 Å². The standard InChI is InChI=1S/C25H27N3O6S/c1-17-7-10-20(11-8-17)28-35(32,33)23-16-19(9-12-22(23)34-2)25(31)27-14-4-13-26-24(30)18-5-3-6-21(29)15-18/h3,5-12,15-16,28-29H,4,13-14H2,1-2H3,(H,26,30)(H,27,31). The van der Waals surface area contributed by atoms with Crippen LogP contribution in [0.5, 0.6) is 11.5 Å². The van der Waals surface area contributed by atoms with E-state index in [2.05, 4.69) is 15.4 Å². The van der Waals surface area contributed by atoms with E-state index in [1.165, 1.54) is 37.4 Å². The number of benzene rings is 3. The quantitative estimate of drug-likeness (QED) is 0.318. The molecule has 10 heteroatoms. The number of aromatic hydroxyl groups is 1. The van der Waals surface area contributed by atoms with Gasteiger partial charge in [0.25, 0.3) is 21.8 Å². The number of aryl methyl sites for hydroxylation is 1. The third-order valence-electron chi connectivity index (χ3n) is 5.05. The van der Waals surface area contributed by atoms with Crippen LogP contribution < -0.4 is 20.1 Å². The number of phenols is 1. The Morgan fingerprint density at radius 1 is 0.886 bits per heavy atom. The lowest BCUT2D eigenvalue weighted by Crippen LogP contribution is -2.30. The van der Waals surface area contributed by atoms with Gasteiger partial charge in [0.05, 0.1) is 7.11 Å². The Morgan fingerprint density at radius 3 is 2.11 bits per heavy atom. The molecule has 0 fully saturated rings. The van der Waals surface area contributed by atoms with Crippen molar-refractivity contribution in [1.82, 2.24) is 10.6 Å². The van der Waals surface area contributed by atoms with Crippen molar-refractivity contribution in [3.63, 3.8) is 0 Å². The molecule has 0 saturated carbocycles. The number of hydrogen-bond donors (Lipinski definition) is 4. The maximum absolute atomic E-state index is 13.0. The largest absolute Gasteiger partial charge is 0.508 e. The summed E-state index contributed by atoms with van der Waals surface area (Å²) < 4.78 is 33.6. The molecule has 2 amide bonds. The van der Waals surface area contributed by atoms with Gasteiger partial charge in [-0.15, -0.1) is 0 Å². The van der Waals surface area contributed by atoms with Gasteiger partial charge in [-0.2, -0.15) is 0 Å². The molecule has 4 N–H and O–H groups in total. The molecular weight excluding hydrogens is 470 g/mol. The molecule has 184 valence electrons. The Balaban J connectivity index is 1.59. The number of ether oxygens (including phenoxy) is 1. The van der Waals surface area contributed by atoms with E-state index < -0.39 is 15.9 Å². The smallest absolute Gasteiger partial charge is 0.265 e. The van der Waals surface area contributed by atoms with E-state index in [-0.39, 0.29) is 34.4 Å². The highest BCUT2D eigenvalue weighted by atomic mass is 32.2. The summed E-state index contributed by atoms with van der Waals surface area (Å²) >= 11 is 0. The number of methoxy groups -OCH3 is 1. The summed E-state index contributed by atoms with van der Waals surface area (Å²) in [6.07, 6.45) is 0.451. The average Bonchev–Trinajstić information content (AvgIpc) is 2.84. The molecule has 3 rings (SSSR count). The minimum atomic E-state index is -4.01. The van der Waals surface area contributed by atoms with E-state index >= 15 is 0 Å². The van der Waals surface area contributed by atoms with Crippen LogP contribution in [0.3, 0.4) is 0 Å². The third-order valence-corrected chi connectivity index (χ3v) is 6.45. The molecule has 0 radical (unpaired) electrons. The van der Waals surface area contributed by atoms with Crippen molar-refractivity contribution in [1.29, 1.82) is 0 Å². The molecule has 0 aliphatic carbocycles. The van der Waals surface area contributed by atoms with Crippen molar-refractivity contribution in [3.05, 3.63) is 83.4 Å². The molecule has 0 unspecified atom stereocenters. The van der Waals surface area contributed by atoms with Crippen LogP contribution in [0.25, 0.3) is 0 Å². The minimum absolute atomic E-state index is 0.000135. The highest BCUT2D eigenvalue weighted by molar-refractivity contribution is 7.92. The molecule has 0 spiro atoms. The summed E-state index contributed by atoms with van der Waals surface area (Å²) in [5.41, 5.74) is 1.86. The predicted molar refractivity (Wildman–Crippen MR) is 132 cm³/mol. The van der Waals surface area contributed by atoms with Gasteiger partial charge in [0.1, 0.15) is 16.4 Å². The second-order valence-electron chi connectivity index (χ2n) is 7.75. The van der Waals surface area contributed by atoms with E-state index in [4.69, 9.17) is 4.74 Å². The number of sulfonamides is 1. The van der Waals surface area contributed by atoms with Gasteiger partial charge in [0.2, 0.25) is 0 Å². The Labute approximate surface area is 204 Å². The number of anilines is 1. The average molecular weight is 498 g/mol. The molecule has 3 aromatic carbocycles. The van der Waals surface area contributed by atoms with Crippen molar-refractivity contribution >= 4 is 27.5 Å². The van der Waals surface area contributed by atoms with Gasteiger partial charge in [-0.3, -0.25) is 14.3 Å². The number of nitrogens with one attached hydrogen (secondary N) is 3. The van der Waals surface area contributed by atoms with Crippen LogP contribution in [-0.2, 0) is 10.0 Å². The van der Waals surface area contributed by atoms with Gasteiger partial charge >= 0.3 is 0 Å². The second-order valence-corrected chi connectivity index (χ2v) is 9.40. The van der Waals surface area contributed by atoms with Gasteiger partial charge in [0, 0.05) is 29.9 Å². The summed E-state index contributed by atoms with van der Waals surface area (Å²) in [7, 11) is -2.66. The Morgan fingerprint density at radius 2 is 1.51 bits per heavy atom. The van der Waals surface area contributed by atoms with E-state index in [0.717, 1.165) is 5.56 Å². The number of carbonyl (C=O) groups is 2. The Kier molecular flexibility index (Phi) is 8.32. The maximum atomic E-state index is 13.0. The summed E-state index contributed by atoms with van der Waals surface area (Å²) in [6.45, 7) is 2.46. The van der Waals surface area contributed by atoms with Gasteiger partial charge < -0.3 is 20.5 Å². The van der Waals surface area contributed by atoms with Crippen LogP contribution in [0.4, 0.5) is 5.69 Å². The van der Waals surface area contributed by atoms with Crippen LogP contribution in [0.1, 0.15) is 32.7 Å². The van der Waals surface area contributed by atoms with Gasteiger partial charge in [-0.05, 0) is 61.9 Å². The fourth-order valence-electron chi connectivity index (χ4n) is 3.20.